The summed E-state index contributed by atoms with van der Waals surface area (Å²) in [5, 5.41) is 15.0. The first-order chi connectivity index (χ1) is 10.1. The molecule has 2 aromatic rings. The van der Waals surface area contributed by atoms with Gasteiger partial charge in [-0.1, -0.05) is 42.8 Å². The summed E-state index contributed by atoms with van der Waals surface area (Å²) in [6, 6.07) is 10.9. The van der Waals surface area contributed by atoms with E-state index in [1.54, 1.807) is 0 Å². The Labute approximate surface area is 130 Å². The van der Waals surface area contributed by atoms with Gasteiger partial charge in [-0.05, 0) is 30.4 Å². The zero-order chi connectivity index (χ0) is 15.0. The molecule has 3 rings (SSSR count). The Hall–Kier alpha value is -1.79. The molecule has 3 nitrogen and oxygen atoms in total. The lowest BCUT2D eigenvalue weighted by atomic mass is 9.81. The van der Waals surface area contributed by atoms with Crippen molar-refractivity contribution in [2.45, 2.75) is 32.6 Å². The van der Waals surface area contributed by atoms with Crippen LogP contribution >= 0.6 is 11.6 Å². The fourth-order valence-electron chi connectivity index (χ4n) is 3.27. The maximum absolute atomic E-state index is 9.77. The number of aromatic nitrogens is 2. The van der Waals surface area contributed by atoms with Crippen LogP contribution in [0, 0.1) is 16.7 Å². The highest BCUT2D eigenvalue weighted by Gasteiger charge is 2.39. The van der Waals surface area contributed by atoms with Crippen LogP contribution < -0.4 is 0 Å². The van der Waals surface area contributed by atoms with Gasteiger partial charge in [0.15, 0.2) is 0 Å². The van der Waals surface area contributed by atoms with E-state index in [0.717, 1.165) is 35.7 Å². The van der Waals surface area contributed by atoms with Crippen LogP contribution in [0.2, 0.25) is 5.02 Å². The predicted octanol–water partition coefficient (Wildman–Crippen LogP) is 3.49. The van der Waals surface area contributed by atoms with Crippen LogP contribution in [0.3, 0.4) is 0 Å². The van der Waals surface area contributed by atoms with Gasteiger partial charge in [-0.3, -0.25) is 4.68 Å². The maximum atomic E-state index is 9.77. The lowest BCUT2D eigenvalue weighted by molar-refractivity contribution is 0.405. The zero-order valence-electron chi connectivity index (χ0n) is 12.4. The summed E-state index contributed by atoms with van der Waals surface area (Å²) in [6.07, 6.45) is 3.05. The van der Waals surface area contributed by atoms with Gasteiger partial charge >= 0.3 is 0 Å². The third kappa shape index (κ3) is 2.34. The van der Waals surface area contributed by atoms with Crippen molar-refractivity contribution >= 4 is 11.6 Å². The van der Waals surface area contributed by atoms with Crippen LogP contribution in [-0.4, -0.2) is 9.78 Å². The normalized spacial score (nSPS) is 15.7. The van der Waals surface area contributed by atoms with Crippen LogP contribution in [0.1, 0.15) is 29.4 Å². The second-order valence-corrected chi connectivity index (χ2v) is 6.25. The molecule has 1 aromatic carbocycles. The predicted molar refractivity (Wildman–Crippen MR) is 83.2 cm³/mol. The number of benzene rings is 1. The van der Waals surface area contributed by atoms with E-state index in [-0.39, 0.29) is 0 Å². The van der Waals surface area contributed by atoms with E-state index in [4.69, 9.17) is 11.6 Å². The van der Waals surface area contributed by atoms with Crippen LogP contribution in [0.25, 0.3) is 0 Å². The largest absolute Gasteiger partial charge is 0.271 e. The van der Waals surface area contributed by atoms with Gasteiger partial charge in [-0.2, -0.15) is 10.4 Å². The minimum atomic E-state index is -0.397. The van der Waals surface area contributed by atoms with E-state index in [9.17, 15) is 5.26 Å². The molecular formula is C17H18ClN3. The van der Waals surface area contributed by atoms with Gasteiger partial charge in [0.25, 0.3) is 0 Å². The van der Waals surface area contributed by atoms with E-state index in [2.05, 4.69) is 23.3 Å². The molecule has 0 radical (unpaired) electrons. The third-order valence-corrected chi connectivity index (χ3v) is 4.86. The number of hydrogen-bond donors (Lipinski definition) is 0. The standard InChI is InChI=1S/C17H18ClN3/c1-3-14-16(18)15(21(2)20-14)10-17(11-19)8-12-6-4-5-7-13(12)9-17/h4-7H,3,8-10H2,1-2H3. The number of halogens is 1. The van der Waals surface area contributed by atoms with Crippen molar-refractivity contribution in [1.82, 2.24) is 9.78 Å². The summed E-state index contributed by atoms with van der Waals surface area (Å²) < 4.78 is 1.84. The van der Waals surface area contributed by atoms with Gasteiger partial charge < -0.3 is 0 Å². The Bertz CT molecular complexity index is 699. The Kier molecular flexibility index (Phi) is 3.51. The summed E-state index contributed by atoms with van der Waals surface area (Å²) in [4.78, 5) is 0. The maximum Gasteiger partial charge on any atom is 0.0850 e. The first-order valence-corrected chi connectivity index (χ1v) is 7.64. The third-order valence-electron chi connectivity index (χ3n) is 4.42. The molecule has 0 atom stereocenters. The van der Waals surface area contributed by atoms with Crippen LogP contribution in [0.4, 0.5) is 0 Å². The second kappa shape index (κ2) is 5.20. The molecule has 4 heteroatoms. The number of fused-ring (bicyclic) bond motifs is 1. The molecule has 0 spiro atoms. The Morgan fingerprint density at radius 1 is 1.33 bits per heavy atom. The van der Waals surface area contributed by atoms with Gasteiger partial charge in [-0.15, -0.1) is 0 Å². The van der Waals surface area contributed by atoms with Crippen molar-refractivity contribution in [2.75, 3.05) is 0 Å². The van der Waals surface area contributed by atoms with Crippen LogP contribution in [-0.2, 0) is 32.7 Å². The highest BCUT2D eigenvalue weighted by molar-refractivity contribution is 6.31. The first kappa shape index (κ1) is 14.2. The van der Waals surface area contributed by atoms with Crippen LogP contribution in [0.5, 0.6) is 0 Å². The lowest BCUT2D eigenvalue weighted by Gasteiger charge is -2.20. The summed E-state index contributed by atoms with van der Waals surface area (Å²) in [6.45, 7) is 2.05. The van der Waals surface area contributed by atoms with Crippen molar-refractivity contribution in [1.29, 1.82) is 5.26 Å². The van der Waals surface area contributed by atoms with Gasteiger partial charge in [0.2, 0.25) is 0 Å². The molecule has 1 aliphatic rings. The Morgan fingerprint density at radius 2 is 1.95 bits per heavy atom. The molecule has 1 aromatic heterocycles. The minimum Gasteiger partial charge on any atom is -0.271 e. The molecule has 108 valence electrons. The van der Waals surface area contributed by atoms with Crippen molar-refractivity contribution < 1.29 is 0 Å². The van der Waals surface area contributed by atoms with Gasteiger partial charge in [0, 0.05) is 13.5 Å². The summed E-state index contributed by atoms with van der Waals surface area (Å²) >= 11 is 6.45. The number of aryl methyl sites for hydroxylation is 2. The van der Waals surface area contributed by atoms with Crippen molar-refractivity contribution in [3.05, 3.63) is 51.8 Å². The molecule has 0 fully saturated rings. The zero-order valence-corrected chi connectivity index (χ0v) is 13.1. The molecule has 0 saturated carbocycles. The van der Waals surface area contributed by atoms with Crippen molar-refractivity contribution in [3.63, 3.8) is 0 Å². The molecule has 0 unspecified atom stereocenters. The average Bonchev–Trinajstić information content (AvgIpc) is 2.99. The number of nitriles is 1. The fourth-order valence-corrected chi connectivity index (χ4v) is 3.63. The molecule has 21 heavy (non-hydrogen) atoms. The molecule has 1 heterocycles. The van der Waals surface area contributed by atoms with E-state index in [1.807, 2.05) is 30.8 Å². The molecule has 0 aliphatic heterocycles. The first-order valence-electron chi connectivity index (χ1n) is 7.27. The lowest BCUT2D eigenvalue weighted by Crippen LogP contribution is -2.24. The number of rotatable bonds is 3. The fraction of sp³-hybridized carbons (Fsp3) is 0.412. The molecule has 1 aliphatic carbocycles. The van der Waals surface area contributed by atoms with E-state index in [1.165, 1.54) is 11.1 Å². The van der Waals surface area contributed by atoms with E-state index >= 15 is 0 Å². The Morgan fingerprint density at radius 3 is 2.43 bits per heavy atom. The topological polar surface area (TPSA) is 41.6 Å². The minimum absolute atomic E-state index is 0.397. The highest BCUT2D eigenvalue weighted by Crippen LogP contribution is 2.40. The van der Waals surface area contributed by atoms with Crippen molar-refractivity contribution in [2.24, 2.45) is 12.5 Å². The van der Waals surface area contributed by atoms with Gasteiger partial charge in [0.1, 0.15) is 0 Å². The van der Waals surface area contributed by atoms with Gasteiger partial charge in [-0.25, -0.2) is 0 Å². The number of hydrogen-bond acceptors (Lipinski definition) is 2. The molecule has 0 N–H and O–H groups in total. The summed E-state index contributed by atoms with van der Waals surface area (Å²) in [5.74, 6) is 0. The smallest absolute Gasteiger partial charge is 0.0850 e. The average molecular weight is 300 g/mol. The second-order valence-electron chi connectivity index (χ2n) is 5.88. The van der Waals surface area contributed by atoms with E-state index < -0.39 is 5.41 Å². The Balaban J connectivity index is 1.94. The SMILES string of the molecule is CCc1nn(C)c(CC2(C#N)Cc3ccccc3C2)c1Cl. The summed E-state index contributed by atoms with van der Waals surface area (Å²) in [5.41, 5.74) is 4.06. The highest BCUT2D eigenvalue weighted by atomic mass is 35.5. The van der Waals surface area contributed by atoms with Crippen molar-refractivity contribution in [3.8, 4) is 6.07 Å². The molecule has 0 saturated heterocycles. The van der Waals surface area contributed by atoms with Gasteiger partial charge in [0.05, 0.1) is 27.9 Å². The molecule has 0 amide bonds. The monoisotopic (exact) mass is 299 g/mol. The quantitative estimate of drug-likeness (QED) is 0.870. The number of nitrogens with zero attached hydrogens (tertiary/aromatic N) is 3. The summed E-state index contributed by atoms with van der Waals surface area (Å²) in [7, 11) is 1.91. The molecular weight excluding hydrogens is 282 g/mol. The van der Waals surface area contributed by atoms with Crippen LogP contribution in [0.15, 0.2) is 24.3 Å². The molecule has 0 bridgehead atoms. The van der Waals surface area contributed by atoms with E-state index in [0.29, 0.717) is 6.42 Å².